The average Bonchev–Trinajstić information content (AvgIpc) is 2.31. The maximum Gasteiger partial charge on any atom is 0.242 e. The van der Waals surface area contributed by atoms with E-state index in [-0.39, 0.29) is 22.7 Å². The van der Waals surface area contributed by atoms with Crippen LogP contribution in [-0.4, -0.2) is 27.2 Å². The minimum absolute atomic E-state index is 0.0270. The van der Waals surface area contributed by atoms with Crippen LogP contribution < -0.4 is 10.5 Å². The zero-order chi connectivity index (χ0) is 14.0. The molecule has 19 heavy (non-hydrogen) atoms. The van der Waals surface area contributed by atoms with Gasteiger partial charge >= 0.3 is 0 Å². The second-order valence-corrected chi connectivity index (χ2v) is 6.82. The smallest absolute Gasteiger partial charge is 0.242 e. The lowest BCUT2D eigenvalue weighted by Crippen LogP contribution is -2.41. The molecule has 0 amide bonds. The van der Waals surface area contributed by atoms with E-state index < -0.39 is 10.0 Å². The highest BCUT2D eigenvalue weighted by Gasteiger charge is 2.26. The molecule has 0 bridgehead atoms. The Balaban J connectivity index is 2.20. The van der Waals surface area contributed by atoms with Gasteiger partial charge in [0.1, 0.15) is 4.90 Å². The summed E-state index contributed by atoms with van der Waals surface area (Å²) in [5.41, 5.74) is 5.90. The molecule has 1 aliphatic heterocycles. The Morgan fingerprint density at radius 2 is 2.21 bits per heavy atom. The quantitative estimate of drug-likeness (QED) is 0.834. The lowest BCUT2D eigenvalue weighted by molar-refractivity contribution is 0.0173. The number of rotatable bonds is 3. The molecule has 0 spiro atoms. The van der Waals surface area contributed by atoms with E-state index >= 15 is 0 Å². The van der Waals surface area contributed by atoms with E-state index in [1.165, 1.54) is 12.1 Å². The standard InChI is InChI=1S/C12H17ClN2O3S/c1-8-6-10(4-5-18-8)15-19(16,17)12-7-9(13)2-3-11(12)14/h2-3,7-8,10,15H,4-6,14H2,1H3. The van der Waals surface area contributed by atoms with Crippen molar-refractivity contribution in [3.8, 4) is 0 Å². The van der Waals surface area contributed by atoms with Gasteiger partial charge in [-0.1, -0.05) is 11.6 Å². The Morgan fingerprint density at radius 3 is 2.89 bits per heavy atom. The van der Waals surface area contributed by atoms with Gasteiger partial charge in [0.05, 0.1) is 11.8 Å². The SMILES string of the molecule is CC1CC(NS(=O)(=O)c2cc(Cl)ccc2N)CCO1. The lowest BCUT2D eigenvalue weighted by atomic mass is 10.1. The van der Waals surface area contributed by atoms with Crippen molar-refractivity contribution in [2.24, 2.45) is 0 Å². The summed E-state index contributed by atoms with van der Waals surface area (Å²) < 4.78 is 32.6. The molecule has 1 saturated heterocycles. The predicted octanol–water partition coefficient (Wildman–Crippen LogP) is 1.77. The first-order valence-corrected chi connectivity index (χ1v) is 7.93. The number of nitrogen functional groups attached to an aromatic ring is 1. The molecule has 0 aromatic heterocycles. The highest BCUT2D eigenvalue weighted by atomic mass is 35.5. The van der Waals surface area contributed by atoms with Crippen molar-refractivity contribution in [3.63, 3.8) is 0 Å². The van der Waals surface area contributed by atoms with Crippen LogP contribution in [0.3, 0.4) is 0 Å². The third kappa shape index (κ3) is 3.60. The summed E-state index contributed by atoms with van der Waals surface area (Å²) in [6, 6.07) is 4.28. The molecule has 2 atom stereocenters. The van der Waals surface area contributed by atoms with E-state index in [0.717, 1.165) is 0 Å². The number of nitrogens with two attached hydrogens (primary N) is 1. The van der Waals surface area contributed by atoms with Crippen LogP contribution >= 0.6 is 11.6 Å². The fourth-order valence-corrected chi connectivity index (χ4v) is 3.81. The fraction of sp³-hybridized carbons (Fsp3) is 0.500. The third-order valence-corrected chi connectivity index (χ3v) is 4.88. The zero-order valence-electron chi connectivity index (χ0n) is 10.6. The molecule has 0 aliphatic carbocycles. The molecule has 5 nitrogen and oxygen atoms in total. The molecular formula is C12H17ClN2O3S. The van der Waals surface area contributed by atoms with E-state index in [1.54, 1.807) is 6.07 Å². The lowest BCUT2D eigenvalue weighted by Gasteiger charge is -2.27. The van der Waals surface area contributed by atoms with Gasteiger partial charge in [0.25, 0.3) is 0 Å². The van der Waals surface area contributed by atoms with Gasteiger partial charge in [0, 0.05) is 17.7 Å². The summed E-state index contributed by atoms with van der Waals surface area (Å²) in [4.78, 5) is 0.0270. The van der Waals surface area contributed by atoms with Crippen LogP contribution in [0.4, 0.5) is 5.69 Å². The Morgan fingerprint density at radius 1 is 1.47 bits per heavy atom. The maximum absolute atomic E-state index is 12.3. The van der Waals surface area contributed by atoms with Crippen LogP contribution in [0.25, 0.3) is 0 Å². The Labute approximate surface area is 118 Å². The zero-order valence-corrected chi connectivity index (χ0v) is 12.2. The van der Waals surface area contributed by atoms with Crippen molar-refractivity contribution in [2.45, 2.75) is 36.8 Å². The molecule has 7 heteroatoms. The second kappa shape index (κ2) is 5.66. The molecule has 2 rings (SSSR count). The summed E-state index contributed by atoms with van der Waals surface area (Å²) in [5, 5.41) is 0.343. The fourth-order valence-electron chi connectivity index (χ4n) is 2.13. The van der Waals surface area contributed by atoms with Crippen LogP contribution in [0.15, 0.2) is 23.1 Å². The Hall–Kier alpha value is -0.820. The normalized spacial score (nSPS) is 24.3. The van der Waals surface area contributed by atoms with E-state index in [9.17, 15) is 8.42 Å². The summed E-state index contributed by atoms with van der Waals surface area (Å²) >= 11 is 5.82. The number of anilines is 1. The third-order valence-electron chi connectivity index (χ3n) is 3.07. The van der Waals surface area contributed by atoms with Crippen LogP contribution in [-0.2, 0) is 14.8 Å². The van der Waals surface area contributed by atoms with Crippen molar-refractivity contribution >= 4 is 27.3 Å². The Bertz CT molecular complexity index is 562. The van der Waals surface area contributed by atoms with Crippen molar-refractivity contribution in [1.82, 2.24) is 4.72 Å². The molecule has 0 radical (unpaired) electrons. The van der Waals surface area contributed by atoms with Gasteiger partial charge in [-0.15, -0.1) is 0 Å². The highest BCUT2D eigenvalue weighted by molar-refractivity contribution is 7.89. The van der Waals surface area contributed by atoms with Crippen LogP contribution in [0.1, 0.15) is 19.8 Å². The molecular weight excluding hydrogens is 288 g/mol. The number of hydrogen-bond acceptors (Lipinski definition) is 4. The van der Waals surface area contributed by atoms with Crippen LogP contribution in [0.5, 0.6) is 0 Å². The minimum atomic E-state index is -3.65. The highest BCUT2D eigenvalue weighted by Crippen LogP contribution is 2.24. The van der Waals surface area contributed by atoms with Gasteiger partial charge in [0.2, 0.25) is 10.0 Å². The number of ether oxygens (including phenoxy) is 1. The van der Waals surface area contributed by atoms with Crippen molar-refractivity contribution in [3.05, 3.63) is 23.2 Å². The number of sulfonamides is 1. The van der Waals surface area contributed by atoms with Gasteiger partial charge in [0.15, 0.2) is 0 Å². The largest absolute Gasteiger partial charge is 0.398 e. The van der Waals surface area contributed by atoms with Gasteiger partial charge < -0.3 is 10.5 Å². The van der Waals surface area contributed by atoms with Crippen molar-refractivity contribution < 1.29 is 13.2 Å². The molecule has 0 saturated carbocycles. The van der Waals surface area contributed by atoms with Crippen molar-refractivity contribution in [1.29, 1.82) is 0 Å². The molecule has 1 aromatic carbocycles. The molecule has 1 heterocycles. The average molecular weight is 305 g/mol. The number of hydrogen-bond donors (Lipinski definition) is 2. The molecule has 1 aliphatic rings. The molecule has 1 fully saturated rings. The second-order valence-electron chi connectivity index (χ2n) is 4.71. The van der Waals surface area contributed by atoms with Crippen molar-refractivity contribution in [2.75, 3.05) is 12.3 Å². The molecule has 2 unspecified atom stereocenters. The van der Waals surface area contributed by atoms with E-state index in [0.29, 0.717) is 24.5 Å². The number of benzene rings is 1. The summed E-state index contributed by atoms with van der Waals surface area (Å²) in [5.74, 6) is 0. The monoisotopic (exact) mass is 304 g/mol. The maximum atomic E-state index is 12.3. The van der Waals surface area contributed by atoms with Crippen LogP contribution in [0.2, 0.25) is 5.02 Å². The minimum Gasteiger partial charge on any atom is -0.398 e. The molecule has 3 N–H and O–H groups in total. The van der Waals surface area contributed by atoms with Gasteiger partial charge in [-0.2, -0.15) is 0 Å². The molecule has 106 valence electrons. The van der Waals surface area contributed by atoms with Gasteiger partial charge in [-0.25, -0.2) is 13.1 Å². The van der Waals surface area contributed by atoms with E-state index in [2.05, 4.69) is 4.72 Å². The van der Waals surface area contributed by atoms with E-state index in [4.69, 9.17) is 22.1 Å². The first-order chi connectivity index (χ1) is 8.88. The van der Waals surface area contributed by atoms with E-state index in [1.807, 2.05) is 6.92 Å². The van der Waals surface area contributed by atoms with Crippen LogP contribution in [0, 0.1) is 0 Å². The van der Waals surface area contributed by atoms with Gasteiger partial charge in [-0.3, -0.25) is 0 Å². The summed E-state index contributed by atoms with van der Waals surface area (Å²) in [7, 11) is -3.65. The number of nitrogens with one attached hydrogen (secondary N) is 1. The summed E-state index contributed by atoms with van der Waals surface area (Å²) in [6.07, 6.45) is 1.36. The molecule has 1 aromatic rings. The Kier molecular flexibility index (Phi) is 4.35. The summed E-state index contributed by atoms with van der Waals surface area (Å²) in [6.45, 7) is 2.48. The predicted molar refractivity (Wildman–Crippen MR) is 74.6 cm³/mol. The first kappa shape index (κ1) is 14.6. The first-order valence-electron chi connectivity index (χ1n) is 6.07. The number of halogens is 1. The van der Waals surface area contributed by atoms with Gasteiger partial charge in [-0.05, 0) is 38.0 Å². The topological polar surface area (TPSA) is 81.4 Å².